The second-order valence-corrected chi connectivity index (χ2v) is 8.99. The monoisotopic (exact) mass is 292 g/mol. The van der Waals surface area contributed by atoms with Gasteiger partial charge in [-0.15, -0.1) is 0 Å². The van der Waals surface area contributed by atoms with Crippen molar-refractivity contribution in [2.75, 3.05) is 13.7 Å². The third kappa shape index (κ3) is 4.30. The minimum atomic E-state index is -1.99. The Morgan fingerprint density at radius 3 is 2.55 bits per heavy atom. The van der Waals surface area contributed by atoms with E-state index >= 15 is 0 Å². The fourth-order valence-electron chi connectivity index (χ4n) is 2.55. The summed E-state index contributed by atoms with van der Waals surface area (Å²) in [4.78, 5) is 0. The summed E-state index contributed by atoms with van der Waals surface area (Å²) >= 11 is 0. The fourth-order valence-corrected chi connectivity index (χ4v) is 5.18. The average molecular weight is 292 g/mol. The molecular formula is C17H28O2Si. The smallest absolute Gasteiger partial charge is 0.337 e. The lowest BCUT2D eigenvalue weighted by molar-refractivity contribution is 0.188. The first kappa shape index (κ1) is 17.1. The molecule has 20 heavy (non-hydrogen) atoms. The van der Waals surface area contributed by atoms with Crippen molar-refractivity contribution in [2.24, 2.45) is 0 Å². The van der Waals surface area contributed by atoms with Crippen molar-refractivity contribution in [3.05, 3.63) is 42.0 Å². The van der Waals surface area contributed by atoms with Crippen molar-refractivity contribution in [1.82, 2.24) is 0 Å². The van der Waals surface area contributed by atoms with Crippen LogP contribution >= 0.6 is 0 Å². The number of hydrogen-bond donors (Lipinski definition) is 0. The van der Waals surface area contributed by atoms with E-state index in [1.165, 1.54) is 11.1 Å². The molecule has 1 rings (SSSR count). The summed E-state index contributed by atoms with van der Waals surface area (Å²) in [7, 11) is -0.193. The van der Waals surface area contributed by atoms with Crippen LogP contribution in [0.1, 0.15) is 44.2 Å². The highest BCUT2D eigenvalue weighted by Gasteiger charge is 2.33. The zero-order valence-electron chi connectivity index (χ0n) is 13.3. The second kappa shape index (κ2) is 8.40. The van der Waals surface area contributed by atoms with Gasteiger partial charge in [-0.3, -0.25) is 0 Å². The fraction of sp³-hybridized carbons (Fsp3) is 0.529. The molecule has 0 fully saturated rings. The minimum absolute atomic E-state index is 0.356. The van der Waals surface area contributed by atoms with Crippen molar-refractivity contribution < 1.29 is 8.85 Å². The van der Waals surface area contributed by atoms with Gasteiger partial charge in [0.05, 0.1) is 0 Å². The molecule has 0 aliphatic heterocycles. The van der Waals surface area contributed by atoms with E-state index in [4.69, 9.17) is 8.85 Å². The summed E-state index contributed by atoms with van der Waals surface area (Å²) in [6.07, 6.45) is 3.03. The lowest BCUT2D eigenvalue weighted by Gasteiger charge is -2.29. The molecule has 0 heterocycles. The zero-order valence-corrected chi connectivity index (χ0v) is 14.3. The minimum Gasteiger partial charge on any atom is -0.398 e. The molecule has 0 spiro atoms. The molecule has 0 amide bonds. The van der Waals surface area contributed by atoms with Crippen molar-refractivity contribution >= 4 is 14.6 Å². The molecule has 0 saturated carbocycles. The Morgan fingerprint density at radius 1 is 1.30 bits per heavy atom. The predicted octanol–water partition coefficient (Wildman–Crippen LogP) is 4.97. The Morgan fingerprint density at radius 2 is 2.00 bits per heavy atom. The summed E-state index contributed by atoms with van der Waals surface area (Å²) in [6.45, 7) is 11.2. The van der Waals surface area contributed by atoms with Crippen molar-refractivity contribution in [3.63, 3.8) is 0 Å². The van der Waals surface area contributed by atoms with E-state index in [0.29, 0.717) is 5.92 Å². The first-order valence-electron chi connectivity index (χ1n) is 7.53. The molecule has 0 aliphatic rings. The van der Waals surface area contributed by atoms with Crippen LogP contribution in [0.3, 0.4) is 0 Å². The molecule has 2 atom stereocenters. The molecule has 0 radical (unpaired) electrons. The quantitative estimate of drug-likeness (QED) is 0.598. The molecule has 0 N–H and O–H groups in total. The van der Waals surface area contributed by atoms with Crippen LogP contribution in [0.4, 0.5) is 0 Å². The third-order valence-electron chi connectivity index (χ3n) is 3.88. The molecule has 1 aromatic carbocycles. The van der Waals surface area contributed by atoms with Crippen LogP contribution in [0, 0.1) is 0 Å². The van der Waals surface area contributed by atoms with E-state index < -0.39 is 8.56 Å². The standard InChI is InChI=1S/C17H28O2Si/c1-6-13-20(8-3,18-5)19-14-15(4)17-12-10-9-11-16(17)7-2/h7,9-12,15H,2,6,8,13-14H2,1,3-5H3. The van der Waals surface area contributed by atoms with Crippen molar-refractivity contribution in [1.29, 1.82) is 0 Å². The second-order valence-electron chi connectivity index (χ2n) is 5.26. The SMILES string of the molecule is C=Cc1ccccc1C(C)CO[Si](CC)(CCC)OC. The molecule has 2 unspecified atom stereocenters. The summed E-state index contributed by atoms with van der Waals surface area (Å²) in [6, 6.07) is 10.5. The van der Waals surface area contributed by atoms with Crippen molar-refractivity contribution in [3.8, 4) is 0 Å². The zero-order chi connectivity index (χ0) is 15.0. The van der Waals surface area contributed by atoms with Gasteiger partial charge in [0, 0.05) is 19.6 Å². The first-order chi connectivity index (χ1) is 9.62. The Balaban J connectivity index is 2.74. The van der Waals surface area contributed by atoms with E-state index in [9.17, 15) is 0 Å². The van der Waals surface area contributed by atoms with Crippen LogP contribution < -0.4 is 0 Å². The largest absolute Gasteiger partial charge is 0.398 e. The van der Waals surface area contributed by atoms with Crippen LogP contribution in [0.15, 0.2) is 30.8 Å². The Kier molecular flexibility index (Phi) is 7.20. The summed E-state index contributed by atoms with van der Waals surface area (Å²) < 4.78 is 12.0. The van der Waals surface area contributed by atoms with Crippen LogP contribution in [0.25, 0.3) is 6.08 Å². The summed E-state index contributed by atoms with van der Waals surface area (Å²) in [5.41, 5.74) is 2.49. The molecular weight excluding hydrogens is 264 g/mol. The molecule has 3 heteroatoms. The van der Waals surface area contributed by atoms with Gasteiger partial charge in [0.2, 0.25) is 0 Å². The molecule has 112 valence electrons. The van der Waals surface area contributed by atoms with E-state index in [2.05, 4.69) is 45.5 Å². The highest BCUT2D eigenvalue weighted by molar-refractivity contribution is 6.67. The van der Waals surface area contributed by atoms with Gasteiger partial charge in [0.15, 0.2) is 0 Å². The average Bonchev–Trinajstić information content (AvgIpc) is 2.51. The lowest BCUT2D eigenvalue weighted by atomic mass is 9.96. The summed E-state index contributed by atoms with van der Waals surface area (Å²) in [5, 5.41) is 0. The highest BCUT2D eigenvalue weighted by Crippen LogP contribution is 2.25. The van der Waals surface area contributed by atoms with Crippen molar-refractivity contribution in [2.45, 2.75) is 45.2 Å². The van der Waals surface area contributed by atoms with Gasteiger partial charge >= 0.3 is 8.56 Å². The lowest BCUT2D eigenvalue weighted by Crippen LogP contribution is -2.41. The van der Waals surface area contributed by atoms with Gasteiger partial charge in [0.25, 0.3) is 0 Å². The number of rotatable bonds is 9. The van der Waals surface area contributed by atoms with Crippen LogP contribution in [-0.2, 0) is 8.85 Å². The maximum atomic E-state index is 6.27. The topological polar surface area (TPSA) is 18.5 Å². The Labute approximate surface area is 125 Å². The molecule has 1 aromatic rings. The van der Waals surface area contributed by atoms with Gasteiger partial charge in [-0.1, -0.05) is 64.1 Å². The van der Waals surface area contributed by atoms with E-state index in [0.717, 1.165) is 25.1 Å². The maximum Gasteiger partial charge on any atom is 0.337 e. The normalized spacial score (nSPS) is 15.6. The third-order valence-corrected chi connectivity index (χ3v) is 7.66. The maximum absolute atomic E-state index is 6.27. The van der Waals surface area contributed by atoms with Gasteiger partial charge in [-0.25, -0.2) is 0 Å². The molecule has 2 nitrogen and oxygen atoms in total. The van der Waals surface area contributed by atoms with Crippen LogP contribution in [0.2, 0.25) is 12.1 Å². The molecule has 0 aromatic heterocycles. The highest BCUT2D eigenvalue weighted by atomic mass is 28.4. The van der Waals surface area contributed by atoms with Gasteiger partial charge in [0.1, 0.15) is 0 Å². The predicted molar refractivity (Wildman–Crippen MR) is 89.2 cm³/mol. The van der Waals surface area contributed by atoms with Crippen LogP contribution in [-0.4, -0.2) is 22.3 Å². The number of benzene rings is 1. The first-order valence-corrected chi connectivity index (χ1v) is 9.76. The number of hydrogen-bond acceptors (Lipinski definition) is 2. The van der Waals surface area contributed by atoms with Gasteiger partial charge < -0.3 is 8.85 Å². The van der Waals surface area contributed by atoms with E-state index in [1.807, 2.05) is 12.1 Å². The Bertz CT molecular complexity index is 413. The summed E-state index contributed by atoms with van der Waals surface area (Å²) in [5.74, 6) is 0.356. The van der Waals surface area contributed by atoms with E-state index in [-0.39, 0.29) is 0 Å². The van der Waals surface area contributed by atoms with E-state index in [1.54, 1.807) is 7.11 Å². The molecule has 0 aliphatic carbocycles. The van der Waals surface area contributed by atoms with Crippen LogP contribution in [0.5, 0.6) is 0 Å². The van der Waals surface area contributed by atoms with Gasteiger partial charge in [-0.05, 0) is 23.2 Å². The Hall–Kier alpha value is -0.903. The molecule has 0 bridgehead atoms. The molecule has 0 saturated heterocycles. The van der Waals surface area contributed by atoms with Gasteiger partial charge in [-0.2, -0.15) is 0 Å².